The molecule has 14 heavy (non-hydrogen) atoms. The van der Waals surface area contributed by atoms with Crippen LogP contribution in [0.1, 0.15) is 30.2 Å². The Kier molecular flexibility index (Phi) is 2.09. The first kappa shape index (κ1) is 9.30. The summed E-state index contributed by atoms with van der Waals surface area (Å²) < 4.78 is 0. The second-order valence-electron chi connectivity index (χ2n) is 3.62. The SMILES string of the molecule is C[C@H]1NC[C@@H](O)c2cc(O)c(O)cc21. The first-order chi connectivity index (χ1) is 6.59. The molecule has 0 aromatic heterocycles. The number of nitrogens with one attached hydrogen (secondary N) is 1. The summed E-state index contributed by atoms with van der Waals surface area (Å²) in [4.78, 5) is 0. The van der Waals surface area contributed by atoms with Crippen LogP contribution in [0.5, 0.6) is 11.5 Å². The molecule has 0 saturated carbocycles. The summed E-state index contributed by atoms with van der Waals surface area (Å²) in [5, 5.41) is 31.3. The number of hydrogen-bond donors (Lipinski definition) is 4. The van der Waals surface area contributed by atoms with Crippen LogP contribution in [0.2, 0.25) is 0 Å². The third-order valence-electron chi connectivity index (χ3n) is 2.62. The van der Waals surface area contributed by atoms with Gasteiger partial charge < -0.3 is 20.6 Å². The number of rotatable bonds is 0. The van der Waals surface area contributed by atoms with Crippen LogP contribution in [-0.4, -0.2) is 21.9 Å². The lowest BCUT2D eigenvalue weighted by molar-refractivity contribution is 0.158. The van der Waals surface area contributed by atoms with Gasteiger partial charge in [0, 0.05) is 12.6 Å². The van der Waals surface area contributed by atoms with Crippen LogP contribution >= 0.6 is 0 Å². The Bertz CT molecular complexity index is 330. The number of benzene rings is 1. The third-order valence-corrected chi connectivity index (χ3v) is 2.62. The lowest BCUT2D eigenvalue weighted by atomic mass is 9.93. The molecule has 2 rings (SSSR count). The Morgan fingerprint density at radius 2 is 1.79 bits per heavy atom. The molecule has 2 atom stereocenters. The van der Waals surface area contributed by atoms with Crippen LogP contribution in [0.3, 0.4) is 0 Å². The lowest BCUT2D eigenvalue weighted by Gasteiger charge is -2.28. The summed E-state index contributed by atoms with van der Waals surface area (Å²) in [6, 6.07) is 3.00. The van der Waals surface area contributed by atoms with E-state index in [1.54, 1.807) is 0 Å². The Hall–Kier alpha value is -1.26. The number of phenols is 2. The molecule has 0 saturated heterocycles. The summed E-state index contributed by atoms with van der Waals surface area (Å²) in [5.41, 5.74) is 1.52. The molecular formula is C10H13NO3. The van der Waals surface area contributed by atoms with Gasteiger partial charge in [-0.1, -0.05) is 0 Å². The molecule has 1 aromatic carbocycles. The van der Waals surface area contributed by atoms with E-state index in [0.29, 0.717) is 12.1 Å². The Morgan fingerprint density at radius 3 is 2.43 bits per heavy atom. The molecule has 0 unspecified atom stereocenters. The van der Waals surface area contributed by atoms with Crippen molar-refractivity contribution in [3.05, 3.63) is 23.3 Å². The quantitative estimate of drug-likeness (QED) is 0.462. The van der Waals surface area contributed by atoms with Gasteiger partial charge in [-0.2, -0.15) is 0 Å². The molecule has 0 bridgehead atoms. The number of aliphatic hydroxyl groups excluding tert-OH is 1. The van der Waals surface area contributed by atoms with Gasteiger partial charge in [0.15, 0.2) is 11.5 Å². The summed E-state index contributed by atoms with van der Waals surface area (Å²) >= 11 is 0. The standard InChI is InChI=1S/C10H13NO3/c1-5-6-2-8(12)9(13)3-7(6)10(14)4-11-5/h2-3,5,10-14H,4H2,1H3/t5-,10-/m1/s1. The van der Waals surface area contributed by atoms with Crippen LogP contribution in [0.15, 0.2) is 12.1 Å². The van der Waals surface area contributed by atoms with Crippen molar-refractivity contribution in [3.8, 4) is 11.5 Å². The zero-order valence-electron chi connectivity index (χ0n) is 7.86. The summed E-state index contributed by atoms with van der Waals surface area (Å²) in [5.74, 6) is -0.330. The number of aliphatic hydroxyl groups is 1. The van der Waals surface area contributed by atoms with Gasteiger partial charge in [-0.05, 0) is 30.2 Å². The molecule has 0 spiro atoms. The van der Waals surface area contributed by atoms with Gasteiger partial charge in [-0.25, -0.2) is 0 Å². The highest BCUT2D eigenvalue weighted by molar-refractivity contribution is 5.48. The average molecular weight is 195 g/mol. The maximum absolute atomic E-state index is 9.64. The minimum atomic E-state index is -0.618. The number of hydrogen-bond acceptors (Lipinski definition) is 4. The summed E-state index contributed by atoms with van der Waals surface area (Å²) in [7, 11) is 0. The third kappa shape index (κ3) is 1.32. The van der Waals surface area contributed by atoms with Gasteiger partial charge in [0.2, 0.25) is 0 Å². The largest absolute Gasteiger partial charge is 0.504 e. The van der Waals surface area contributed by atoms with Gasteiger partial charge >= 0.3 is 0 Å². The highest BCUT2D eigenvalue weighted by Crippen LogP contribution is 2.36. The number of fused-ring (bicyclic) bond motifs is 1. The molecule has 0 aliphatic carbocycles. The van der Waals surface area contributed by atoms with E-state index >= 15 is 0 Å². The highest BCUT2D eigenvalue weighted by atomic mass is 16.3. The van der Waals surface area contributed by atoms with Crippen LogP contribution in [-0.2, 0) is 0 Å². The zero-order valence-corrected chi connectivity index (χ0v) is 7.86. The fourth-order valence-corrected chi connectivity index (χ4v) is 1.78. The van der Waals surface area contributed by atoms with Crippen molar-refractivity contribution < 1.29 is 15.3 Å². The monoisotopic (exact) mass is 195 g/mol. The zero-order chi connectivity index (χ0) is 10.3. The molecule has 4 heteroatoms. The summed E-state index contributed by atoms with van der Waals surface area (Å²) in [6.45, 7) is 2.42. The number of aromatic hydroxyl groups is 2. The van der Waals surface area contributed by atoms with Crippen LogP contribution in [0.4, 0.5) is 0 Å². The van der Waals surface area contributed by atoms with Crippen molar-refractivity contribution >= 4 is 0 Å². The second-order valence-corrected chi connectivity index (χ2v) is 3.62. The van der Waals surface area contributed by atoms with Gasteiger partial charge in [0.1, 0.15) is 0 Å². The van der Waals surface area contributed by atoms with E-state index < -0.39 is 6.10 Å². The number of phenolic OH excluding ortho intramolecular Hbond substituents is 2. The van der Waals surface area contributed by atoms with Crippen molar-refractivity contribution in [3.63, 3.8) is 0 Å². The highest BCUT2D eigenvalue weighted by Gasteiger charge is 2.24. The van der Waals surface area contributed by atoms with E-state index in [9.17, 15) is 15.3 Å². The fourth-order valence-electron chi connectivity index (χ4n) is 1.78. The first-order valence-electron chi connectivity index (χ1n) is 4.57. The molecule has 1 aliphatic rings. The lowest BCUT2D eigenvalue weighted by Crippen LogP contribution is -2.31. The molecule has 4 nitrogen and oxygen atoms in total. The van der Waals surface area contributed by atoms with E-state index in [2.05, 4.69) is 5.32 Å². The minimum Gasteiger partial charge on any atom is -0.504 e. The van der Waals surface area contributed by atoms with Crippen LogP contribution in [0.25, 0.3) is 0 Å². The molecular weight excluding hydrogens is 182 g/mol. The average Bonchev–Trinajstić information content (AvgIpc) is 2.15. The van der Waals surface area contributed by atoms with Crippen molar-refractivity contribution in [1.29, 1.82) is 0 Å². The molecule has 1 heterocycles. The maximum Gasteiger partial charge on any atom is 0.157 e. The topological polar surface area (TPSA) is 72.7 Å². The summed E-state index contributed by atoms with van der Waals surface area (Å²) in [6.07, 6.45) is -0.618. The normalized spacial score (nSPS) is 25.9. The smallest absolute Gasteiger partial charge is 0.157 e. The fraction of sp³-hybridized carbons (Fsp3) is 0.400. The van der Waals surface area contributed by atoms with E-state index in [-0.39, 0.29) is 17.5 Å². The molecule has 1 aromatic rings. The van der Waals surface area contributed by atoms with Gasteiger partial charge in [0.25, 0.3) is 0 Å². The predicted molar refractivity (Wildman–Crippen MR) is 51.1 cm³/mol. The molecule has 76 valence electrons. The van der Waals surface area contributed by atoms with E-state index in [1.165, 1.54) is 12.1 Å². The molecule has 0 radical (unpaired) electrons. The van der Waals surface area contributed by atoms with Gasteiger partial charge in [0.05, 0.1) is 6.10 Å². The molecule has 0 fully saturated rings. The van der Waals surface area contributed by atoms with E-state index in [0.717, 1.165) is 5.56 Å². The van der Waals surface area contributed by atoms with E-state index in [1.807, 2.05) is 6.92 Å². The maximum atomic E-state index is 9.64. The predicted octanol–water partition coefficient (Wildman–Crippen LogP) is 0.795. The first-order valence-corrected chi connectivity index (χ1v) is 4.57. The second kappa shape index (κ2) is 3.15. The van der Waals surface area contributed by atoms with Crippen LogP contribution < -0.4 is 5.32 Å². The van der Waals surface area contributed by atoms with Crippen molar-refractivity contribution in [2.45, 2.75) is 19.1 Å². The molecule has 1 aliphatic heterocycles. The molecule has 0 amide bonds. The van der Waals surface area contributed by atoms with E-state index in [4.69, 9.17) is 0 Å². The van der Waals surface area contributed by atoms with Crippen molar-refractivity contribution in [2.75, 3.05) is 6.54 Å². The Morgan fingerprint density at radius 1 is 1.21 bits per heavy atom. The Labute approximate surface area is 81.8 Å². The van der Waals surface area contributed by atoms with Gasteiger partial charge in [-0.3, -0.25) is 0 Å². The van der Waals surface area contributed by atoms with Crippen LogP contribution in [0, 0.1) is 0 Å². The van der Waals surface area contributed by atoms with Gasteiger partial charge in [-0.15, -0.1) is 0 Å². The van der Waals surface area contributed by atoms with Crippen molar-refractivity contribution in [2.24, 2.45) is 0 Å². The molecule has 4 N–H and O–H groups in total. The number of β-amino-alcohol motifs (C(OH)–C–C–N with tert-alkyl or cyclic N) is 1. The Balaban J connectivity index is 2.56. The minimum absolute atomic E-state index is 0.0832. The van der Waals surface area contributed by atoms with Crippen molar-refractivity contribution in [1.82, 2.24) is 5.32 Å².